The maximum atomic E-state index is 13.1. The minimum Gasteiger partial charge on any atom is -0.393 e. The van der Waals surface area contributed by atoms with Gasteiger partial charge in [0.1, 0.15) is 5.82 Å². The molecule has 2 aromatic rings. The van der Waals surface area contributed by atoms with Crippen molar-refractivity contribution in [1.29, 1.82) is 0 Å². The summed E-state index contributed by atoms with van der Waals surface area (Å²) < 4.78 is 0. The Morgan fingerprint density at radius 2 is 1.93 bits per heavy atom. The maximum absolute atomic E-state index is 13.1. The third kappa shape index (κ3) is 3.73. The zero-order valence-corrected chi connectivity index (χ0v) is 17.3. The average molecular weight is 394 g/mol. The standard InChI is InChI=1S/C24H31N3O2/c1-16-4-2-7-18-14-19(15-27(20-8-9-20)24(29)17-5-3-6-17)23(25-22(16)18)26-12-10-21(28)11-13-26/h2,4,7,14,17,20-21,28H,3,5-6,8-13,15H2,1H3. The summed E-state index contributed by atoms with van der Waals surface area (Å²) in [5.41, 5.74) is 3.37. The molecule has 1 amide bonds. The Bertz CT molecular complexity index is 912. The second kappa shape index (κ2) is 7.60. The van der Waals surface area contributed by atoms with E-state index in [1.165, 1.54) is 12.0 Å². The number of nitrogens with zero attached hydrogens (tertiary/aromatic N) is 3. The summed E-state index contributed by atoms with van der Waals surface area (Å²) in [6.07, 6.45) is 6.89. The fraction of sp³-hybridized carbons (Fsp3) is 0.583. The van der Waals surface area contributed by atoms with Crippen LogP contribution in [0, 0.1) is 12.8 Å². The first-order chi connectivity index (χ1) is 14.1. The monoisotopic (exact) mass is 393 g/mol. The molecule has 3 fully saturated rings. The molecule has 2 aliphatic carbocycles. The van der Waals surface area contributed by atoms with Crippen LogP contribution in [-0.4, -0.2) is 46.1 Å². The lowest BCUT2D eigenvalue weighted by atomic mass is 9.84. The van der Waals surface area contributed by atoms with Crippen LogP contribution in [0.2, 0.25) is 0 Å². The lowest BCUT2D eigenvalue weighted by Crippen LogP contribution is -2.41. The molecule has 5 nitrogen and oxygen atoms in total. The second-order valence-corrected chi connectivity index (χ2v) is 9.16. The first-order valence-corrected chi connectivity index (χ1v) is 11.2. The van der Waals surface area contributed by atoms with Crippen LogP contribution in [0.15, 0.2) is 24.3 Å². The van der Waals surface area contributed by atoms with Crippen molar-refractivity contribution >= 4 is 22.6 Å². The number of hydrogen-bond acceptors (Lipinski definition) is 4. The van der Waals surface area contributed by atoms with Gasteiger partial charge in [-0.3, -0.25) is 4.79 Å². The molecular weight excluding hydrogens is 362 g/mol. The van der Waals surface area contributed by atoms with Gasteiger partial charge in [-0.25, -0.2) is 4.98 Å². The van der Waals surface area contributed by atoms with Crippen molar-refractivity contribution in [3.63, 3.8) is 0 Å². The van der Waals surface area contributed by atoms with Crippen molar-refractivity contribution in [3.05, 3.63) is 35.4 Å². The van der Waals surface area contributed by atoms with Crippen molar-refractivity contribution in [3.8, 4) is 0 Å². The zero-order valence-electron chi connectivity index (χ0n) is 17.3. The van der Waals surface area contributed by atoms with Crippen molar-refractivity contribution in [2.24, 2.45) is 5.92 Å². The molecule has 29 heavy (non-hydrogen) atoms. The van der Waals surface area contributed by atoms with Gasteiger partial charge in [-0.15, -0.1) is 0 Å². The van der Waals surface area contributed by atoms with Gasteiger partial charge in [-0.1, -0.05) is 24.6 Å². The lowest BCUT2D eigenvalue weighted by molar-refractivity contribution is -0.139. The van der Waals surface area contributed by atoms with Crippen LogP contribution < -0.4 is 4.90 Å². The van der Waals surface area contributed by atoms with Crippen molar-refractivity contribution in [1.82, 2.24) is 9.88 Å². The number of aliphatic hydroxyl groups is 1. The highest BCUT2D eigenvalue weighted by Gasteiger charge is 2.38. The van der Waals surface area contributed by atoms with Crippen molar-refractivity contribution in [2.45, 2.75) is 70.6 Å². The first-order valence-electron chi connectivity index (χ1n) is 11.2. The molecule has 0 radical (unpaired) electrons. The number of para-hydroxylation sites is 1. The number of amides is 1. The fourth-order valence-corrected chi connectivity index (χ4v) is 4.70. The average Bonchev–Trinajstić information content (AvgIpc) is 3.50. The highest BCUT2D eigenvalue weighted by molar-refractivity contribution is 5.85. The summed E-state index contributed by atoms with van der Waals surface area (Å²) in [6, 6.07) is 8.97. The predicted octanol–water partition coefficient (Wildman–Crippen LogP) is 3.80. The van der Waals surface area contributed by atoms with Crippen LogP contribution in [0.1, 0.15) is 56.1 Å². The molecule has 3 aliphatic rings. The predicted molar refractivity (Wildman–Crippen MR) is 115 cm³/mol. The van der Waals surface area contributed by atoms with Crippen LogP contribution in [0.3, 0.4) is 0 Å². The van der Waals surface area contributed by atoms with Gasteiger partial charge in [0, 0.05) is 42.5 Å². The van der Waals surface area contributed by atoms with E-state index >= 15 is 0 Å². The Hall–Kier alpha value is -2.14. The fourth-order valence-electron chi connectivity index (χ4n) is 4.70. The van der Waals surface area contributed by atoms with Gasteiger partial charge in [-0.05, 0) is 57.1 Å². The number of carbonyl (C=O) groups excluding carboxylic acids is 1. The maximum Gasteiger partial charge on any atom is 0.226 e. The number of hydrogen-bond donors (Lipinski definition) is 1. The summed E-state index contributed by atoms with van der Waals surface area (Å²) >= 11 is 0. The Morgan fingerprint density at radius 1 is 1.17 bits per heavy atom. The number of rotatable bonds is 5. The number of pyridine rings is 1. The molecule has 1 aromatic carbocycles. The van der Waals surface area contributed by atoms with Crippen LogP contribution >= 0.6 is 0 Å². The SMILES string of the molecule is Cc1cccc2cc(CN(C(=O)C3CCC3)C3CC3)c(N3CCC(O)CC3)nc12. The number of carbonyl (C=O) groups is 1. The Labute approximate surface area is 172 Å². The number of piperidine rings is 1. The smallest absolute Gasteiger partial charge is 0.226 e. The van der Waals surface area contributed by atoms with E-state index < -0.39 is 0 Å². The second-order valence-electron chi connectivity index (χ2n) is 9.16. The van der Waals surface area contributed by atoms with E-state index in [1.807, 2.05) is 0 Å². The molecule has 5 heteroatoms. The van der Waals surface area contributed by atoms with Crippen LogP contribution in [-0.2, 0) is 11.3 Å². The molecule has 1 aromatic heterocycles. The lowest BCUT2D eigenvalue weighted by Gasteiger charge is -2.35. The Morgan fingerprint density at radius 3 is 2.59 bits per heavy atom. The minimum absolute atomic E-state index is 0.208. The van der Waals surface area contributed by atoms with Gasteiger partial charge in [0.15, 0.2) is 0 Å². The third-order valence-corrected chi connectivity index (χ3v) is 6.93. The van der Waals surface area contributed by atoms with Crippen LogP contribution in [0.5, 0.6) is 0 Å². The molecular formula is C24H31N3O2. The largest absolute Gasteiger partial charge is 0.393 e. The number of anilines is 1. The molecule has 0 spiro atoms. The topological polar surface area (TPSA) is 56.7 Å². The molecule has 154 valence electrons. The van der Waals surface area contributed by atoms with Gasteiger partial charge in [0.05, 0.1) is 11.6 Å². The van der Waals surface area contributed by atoms with Crippen LogP contribution in [0.4, 0.5) is 5.82 Å². The normalized spacial score (nSPS) is 20.7. The van der Waals surface area contributed by atoms with Crippen LogP contribution in [0.25, 0.3) is 10.9 Å². The molecule has 0 bridgehead atoms. The zero-order chi connectivity index (χ0) is 20.0. The molecule has 2 heterocycles. The first kappa shape index (κ1) is 18.9. The third-order valence-electron chi connectivity index (χ3n) is 6.93. The van der Waals surface area contributed by atoms with E-state index in [9.17, 15) is 9.90 Å². The minimum atomic E-state index is -0.208. The van der Waals surface area contributed by atoms with E-state index in [2.05, 4.69) is 41.0 Å². The van der Waals surface area contributed by atoms with Crippen molar-refractivity contribution in [2.75, 3.05) is 18.0 Å². The van der Waals surface area contributed by atoms with Gasteiger partial charge < -0.3 is 14.9 Å². The number of benzene rings is 1. The highest BCUT2D eigenvalue weighted by Crippen LogP contribution is 2.37. The summed E-state index contributed by atoms with van der Waals surface area (Å²) in [7, 11) is 0. The molecule has 5 rings (SSSR count). The summed E-state index contributed by atoms with van der Waals surface area (Å²) in [4.78, 5) is 22.7. The molecule has 1 aliphatic heterocycles. The van der Waals surface area contributed by atoms with Gasteiger partial charge in [0.25, 0.3) is 0 Å². The number of aromatic nitrogens is 1. The Balaban J connectivity index is 1.51. The van der Waals surface area contributed by atoms with E-state index in [-0.39, 0.29) is 12.0 Å². The van der Waals surface area contributed by atoms with E-state index in [4.69, 9.17) is 4.98 Å². The molecule has 1 N–H and O–H groups in total. The Kier molecular flexibility index (Phi) is 4.94. The quantitative estimate of drug-likeness (QED) is 0.840. The number of aryl methyl sites for hydroxylation is 1. The molecule has 0 atom stereocenters. The number of aliphatic hydroxyl groups excluding tert-OH is 1. The van der Waals surface area contributed by atoms with Gasteiger partial charge >= 0.3 is 0 Å². The van der Waals surface area contributed by atoms with E-state index in [0.717, 1.165) is 73.9 Å². The van der Waals surface area contributed by atoms with Gasteiger partial charge in [0.2, 0.25) is 5.91 Å². The number of fused-ring (bicyclic) bond motifs is 1. The molecule has 2 saturated carbocycles. The van der Waals surface area contributed by atoms with Crippen molar-refractivity contribution < 1.29 is 9.90 Å². The molecule has 0 unspecified atom stereocenters. The molecule has 1 saturated heterocycles. The van der Waals surface area contributed by atoms with E-state index in [0.29, 0.717) is 18.5 Å². The van der Waals surface area contributed by atoms with Gasteiger partial charge in [-0.2, -0.15) is 0 Å². The summed E-state index contributed by atoms with van der Waals surface area (Å²) in [5.74, 6) is 1.59. The highest BCUT2D eigenvalue weighted by atomic mass is 16.3. The van der Waals surface area contributed by atoms with E-state index in [1.54, 1.807) is 0 Å². The summed E-state index contributed by atoms with van der Waals surface area (Å²) in [6.45, 7) is 4.40. The summed E-state index contributed by atoms with van der Waals surface area (Å²) in [5, 5.41) is 11.1.